The molecule has 0 atom stereocenters. The molecule has 1 amide bonds. The Balaban J connectivity index is 2.77. The van der Waals surface area contributed by atoms with Gasteiger partial charge in [-0.3, -0.25) is 14.3 Å². The van der Waals surface area contributed by atoms with E-state index in [0.717, 1.165) is 0 Å². The third kappa shape index (κ3) is 2.60. The molecule has 1 aromatic heterocycles. The second-order valence-electron chi connectivity index (χ2n) is 2.94. The summed E-state index contributed by atoms with van der Waals surface area (Å²) >= 11 is 4.18. The number of rotatable bonds is 4. The summed E-state index contributed by atoms with van der Waals surface area (Å²) in [6.07, 6.45) is 1.54. The number of hydroxylamine groups is 1. The average molecular weight is 227 g/mol. The van der Waals surface area contributed by atoms with Gasteiger partial charge in [-0.05, 0) is 6.92 Å². The molecule has 0 spiro atoms. The van der Waals surface area contributed by atoms with Gasteiger partial charge in [0.05, 0.1) is 17.9 Å². The first kappa shape index (κ1) is 11.8. The van der Waals surface area contributed by atoms with Crippen LogP contribution in [0.1, 0.15) is 16.1 Å². The van der Waals surface area contributed by atoms with Crippen LogP contribution in [0, 0.1) is 6.92 Å². The first-order valence-corrected chi connectivity index (χ1v) is 4.78. The Labute approximate surface area is 93.5 Å². The average Bonchev–Trinajstić information content (AvgIpc) is 2.41. The monoisotopic (exact) mass is 227 g/mol. The number of nitrogens with one attached hydrogen (secondary N) is 1. The quantitative estimate of drug-likeness (QED) is 0.347. The van der Waals surface area contributed by atoms with Gasteiger partial charge in [0.15, 0.2) is 0 Å². The van der Waals surface area contributed by atoms with Crippen molar-refractivity contribution in [2.75, 3.05) is 6.61 Å². The van der Waals surface area contributed by atoms with Crippen LogP contribution in [0.5, 0.6) is 0 Å². The number of thiol groups is 1. The van der Waals surface area contributed by atoms with Crippen molar-refractivity contribution in [3.63, 3.8) is 0 Å². The maximum absolute atomic E-state index is 11.6. The van der Waals surface area contributed by atoms with Crippen LogP contribution >= 0.6 is 12.6 Å². The fraction of sp³-hybridized carbons (Fsp3) is 0.333. The third-order valence-corrected chi connectivity index (χ3v) is 2.30. The first-order chi connectivity index (χ1) is 7.07. The minimum Gasteiger partial charge on any atom is -0.269 e. The van der Waals surface area contributed by atoms with Gasteiger partial charge >= 0.3 is 0 Å². The van der Waals surface area contributed by atoms with E-state index < -0.39 is 0 Å². The molecule has 0 radical (unpaired) electrons. The van der Waals surface area contributed by atoms with Crippen molar-refractivity contribution >= 4 is 18.5 Å². The second-order valence-corrected chi connectivity index (χ2v) is 3.36. The summed E-state index contributed by atoms with van der Waals surface area (Å²) in [5.41, 5.74) is 3.32. The predicted octanol–water partition coefficient (Wildman–Crippen LogP) is 0.865. The van der Waals surface area contributed by atoms with Crippen LogP contribution in [0.25, 0.3) is 0 Å². The molecule has 0 aliphatic heterocycles. The summed E-state index contributed by atoms with van der Waals surface area (Å²) in [5.74, 6) is -0.354. The van der Waals surface area contributed by atoms with Crippen LogP contribution in [0.15, 0.2) is 17.7 Å². The van der Waals surface area contributed by atoms with Gasteiger partial charge in [0.25, 0.3) is 5.91 Å². The summed E-state index contributed by atoms with van der Waals surface area (Å²) in [4.78, 5) is 16.4. The highest BCUT2D eigenvalue weighted by molar-refractivity contribution is 7.80. The zero-order chi connectivity index (χ0) is 11.4. The summed E-state index contributed by atoms with van der Waals surface area (Å²) < 4.78 is 1.53. The number of carbonyl (C=O) groups excluding carboxylic acids is 1. The zero-order valence-electron chi connectivity index (χ0n) is 8.65. The van der Waals surface area contributed by atoms with Gasteiger partial charge in [0.1, 0.15) is 5.03 Å². The lowest BCUT2D eigenvalue weighted by Crippen LogP contribution is -2.24. The molecule has 1 rings (SSSR count). The Morgan fingerprint density at radius 2 is 2.47 bits per heavy atom. The van der Waals surface area contributed by atoms with E-state index in [1.165, 1.54) is 10.8 Å². The second kappa shape index (κ2) is 4.99. The van der Waals surface area contributed by atoms with Crippen LogP contribution in [0.4, 0.5) is 0 Å². The molecular weight excluding hydrogens is 214 g/mol. The van der Waals surface area contributed by atoms with E-state index in [1.54, 1.807) is 14.0 Å². The maximum atomic E-state index is 11.6. The maximum Gasteiger partial charge on any atom is 0.279 e. The van der Waals surface area contributed by atoms with Crippen molar-refractivity contribution in [1.82, 2.24) is 15.3 Å². The highest BCUT2D eigenvalue weighted by Crippen LogP contribution is 2.16. The Hall–Kier alpha value is -1.27. The summed E-state index contributed by atoms with van der Waals surface area (Å²) in [6.45, 7) is 5.46. The first-order valence-electron chi connectivity index (χ1n) is 4.33. The standard InChI is InChI=1S/C9H13N3O2S/c1-4-5-14-11-8(13)7-6(2)10-12(3)9(7)15/h4,15H,1,5H2,2-3H3,(H,11,13). The molecule has 82 valence electrons. The van der Waals surface area contributed by atoms with Crippen LogP contribution < -0.4 is 5.48 Å². The molecular formula is C9H13N3O2S. The number of hydrogen-bond acceptors (Lipinski definition) is 4. The van der Waals surface area contributed by atoms with Crippen molar-refractivity contribution in [3.05, 3.63) is 23.9 Å². The molecule has 0 saturated heterocycles. The molecule has 0 bridgehead atoms. The number of carbonyl (C=O) groups is 1. The minimum absolute atomic E-state index is 0.257. The van der Waals surface area contributed by atoms with Crippen LogP contribution in [-0.4, -0.2) is 22.3 Å². The highest BCUT2D eigenvalue weighted by Gasteiger charge is 2.17. The van der Waals surface area contributed by atoms with Crippen molar-refractivity contribution in [2.24, 2.45) is 7.05 Å². The lowest BCUT2D eigenvalue weighted by atomic mass is 10.2. The summed E-state index contributed by atoms with van der Waals surface area (Å²) in [7, 11) is 1.72. The van der Waals surface area contributed by atoms with E-state index in [2.05, 4.69) is 29.8 Å². The normalized spacial score (nSPS) is 10.1. The van der Waals surface area contributed by atoms with E-state index in [9.17, 15) is 4.79 Å². The molecule has 5 nitrogen and oxygen atoms in total. The van der Waals surface area contributed by atoms with E-state index in [4.69, 9.17) is 4.84 Å². The topological polar surface area (TPSA) is 56.1 Å². The van der Waals surface area contributed by atoms with Crippen LogP contribution in [0.3, 0.4) is 0 Å². The van der Waals surface area contributed by atoms with Crippen molar-refractivity contribution in [2.45, 2.75) is 11.9 Å². The van der Waals surface area contributed by atoms with Gasteiger partial charge < -0.3 is 0 Å². The molecule has 0 aliphatic rings. The largest absolute Gasteiger partial charge is 0.279 e. The molecule has 0 fully saturated rings. The van der Waals surface area contributed by atoms with Gasteiger partial charge in [-0.25, -0.2) is 5.48 Å². The lowest BCUT2D eigenvalue weighted by Gasteiger charge is -2.03. The van der Waals surface area contributed by atoms with Crippen LogP contribution in [0.2, 0.25) is 0 Å². The van der Waals surface area contributed by atoms with Gasteiger partial charge in [-0.15, -0.1) is 19.2 Å². The summed E-state index contributed by atoms with van der Waals surface area (Å²) in [5, 5.41) is 4.57. The number of nitrogens with zero attached hydrogens (tertiary/aromatic N) is 2. The number of amides is 1. The van der Waals surface area contributed by atoms with E-state index in [1.807, 2.05) is 0 Å². The third-order valence-electron chi connectivity index (χ3n) is 1.79. The van der Waals surface area contributed by atoms with Gasteiger partial charge in [0.2, 0.25) is 0 Å². The fourth-order valence-electron chi connectivity index (χ4n) is 1.13. The Bertz CT molecular complexity index is 387. The molecule has 6 heteroatoms. The van der Waals surface area contributed by atoms with Crippen molar-refractivity contribution < 1.29 is 9.63 Å². The molecule has 0 unspecified atom stereocenters. The van der Waals surface area contributed by atoms with Gasteiger partial charge in [0, 0.05) is 7.05 Å². The zero-order valence-corrected chi connectivity index (χ0v) is 9.54. The number of aryl methyl sites for hydroxylation is 2. The molecule has 1 aromatic rings. The molecule has 0 saturated carbocycles. The smallest absolute Gasteiger partial charge is 0.269 e. The van der Waals surface area contributed by atoms with Gasteiger partial charge in [-0.1, -0.05) is 6.08 Å². The Morgan fingerprint density at radius 1 is 1.80 bits per heavy atom. The number of hydrogen-bond donors (Lipinski definition) is 2. The van der Waals surface area contributed by atoms with E-state index in [0.29, 0.717) is 16.3 Å². The molecule has 15 heavy (non-hydrogen) atoms. The highest BCUT2D eigenvalue weighted by atomic mass is 32.1. The van der Waals surface area contributed by atoms with E-state index in [-0.39, 0.29) is 12.5 Å². The Kier molecular flexibility index (Phi) is 3.93. The predicted molar refractivity (Wildman–Crippen MR) is 58.8 cm³/mol. The molecule has 0 aliphatic carbocycles. The molecule has 1 heterocycles. The Morgan fingerprint density at radius 3 is 2.93 bits per heavy atom. The van der Waals surface area contributed by atoms with Crippen LogP contribution in [-0.2, 0) is 11.9 Å². The SMILES string of the molecule is C=CCONC(=O)c1c(C)nn(C)c1S. The minimum atomic E-state index is -0.354. The molecule has 1 N–H and O–H groups in total. The number of aromatic nitrogens is 2. The van der Waals surface area contributed by atoms with E-state index >= 15 is 0 Å². The van der Waals surface area contributed by atoms with Crippen molar-refractivity contribution in [3.8, 4) is 0 Å². The lowest BCUT2D eigenvalue weighted by molar-refractivity contribution is 0.0418. The molecule has 0 aromatic carbocycles. The summed E-state index contributed by atoms with van der Waals surface area (Å²) in [6, 6.07) is 0. The van der Waals surface area contributed by atoms with Crippen molar-refractivity contribution in [1.29, 1.82) is 0 Å². The van der Waals surface area contributed by atoms with Gasteiger partial charge in [-0.2, -0.15) is 5.10 Å². The fourth-order valence-corrected chi connectivity index (χ4v) is 1.44.